The molecule has 31 heavy (non-hydrogen) atoms. The fourth-order valence-corrected chi connectivity index (χ4v) is 5.17. The van der Waals surface area contributed by atoms with Gasteiger partial charge in [0.2, 0.25) is 0 Å². The summed E-state index contributed by atoms with van der Waals surface area (Å²) in [6.07, 6.45) is 0.543. The second-order valence-electron chi connectivity index (χ2n) is 8.23. The van der Waals surface area contributed by atoms with E-state index in [-0.39, 0.29) is 5.91 Å². The molecule has 3 aromatic carbocycles. The van der Waals surface area contributed by atoms with Crippen molar-refractivity contribution in [2.45, 2.75) is 24.1 Å². The number of aliphatic hydroxyl groups is 1. The summed E-state index contributed by atoms with van der Waals surface area (Å²) in [7, 11) is 3.96. The Morgan fingerprint density at radius 1 is 1.16 bits per heavy atom. The van der Waals surface area contributed by atoms with E-state index < -0.39 is 6.23 Å². The van der Waals surface area contributed by atoms with E-state index in [0.717, 1.165) is 29.2 Å². The van der Waals surface area contributed by atoms with Gasteiger partial charge >= 0.3 is 0 Å². The molecule has 0 aromatic heterocycles. The van der Waals surface area contributed by atoms with Gasteiger partial charge in [-0.3, -0.25) is 4.79 Å². The molecule has 0 radical (unpaired) electrons. The Bertz CT molecular complexity index is 1140. The van der Waals surface area contributed by atoms with E-state index in [9.17, 15) is 9.90 Å². The highest BCUT2D eigenvalue weighted by atomic mass is 32.2. The molecule has 6 heteroatoms. The van der Waals surface area contributed by atoms with E-state index in [1.807, 2.05) is 42.3 Å². The number of nitrogens with zero attached hydrogens (tertiary/aromatic N) is 2. The molecule has 3 aliphatic rings. The van der Waals surface area contributed by atoms with Crippen molar-refractivity contribution in [1.82, 2.24) is 0 Å². The van der Waals surface area contributed by atoms with Crippen molar-refractivity contribution in [1.29, 1.82) is 0 Å². The minimum atomic E-state index is -0.537. The van der Waals surface area contributed by atoms with E-state index in [1.165, 1.54) is 22.4 Å². The Hall–Kier alpha value is -2.96. The monoisotopic (exact) mass is 431 g/mol. The summed E-state index contributed by atoms with van der Waals surface area (Å²) in [5.74, 6) is 0.474. The number of anilines is 3. The maximum absolute atomic E-state index is 12.8. The van der Waals surface area contributed by atoms with Crippen LogP contribution in [0.1, 0.15) is 27.0 Å². The first-order valence-electron chi connectivity index (χ1n) is 10.4. The quantitative estimate of drug-likeness (QED) is 0.492. The number of carbonyl (C=O) groups excluding carboxylic acids is 1. The Morgan fingerprint density at radius 2 is 1.94 bits per heavy atom. The van der Waals surface area contributed by atoms with Gasteiger partial charge in [-0.1, -0.05) is 24.3 Å². The molecule has 0 fully saturated rings. The van der Waals surface area contributed by atoms with Crippen LogP contribution < -0.4 is 15.1 Å². The molecule has 0 spiro atoms. The maximum Gasteiger partial charge on any atom is 0.255 e. The van der Waals surface area contributed by atoms with Gasteiger partial charge in [0, 0.05) is 48.2 Å². The highest BCUT2D eigenvalue weighted by Gasteiger charge is 2.23. The van der Waals surface area contributed by atoms with E-state index in [2.05, 4.69) is 47.6 Å². The predicted octanol–water partition coefficient (Wildman–Crippen LogP) is 4.34. The molecule has 6 rings (SSSR count). The minimum Gasteiger partial charge on any atom is -0.373 e. The van der Waals surface area contributed by atoms with Gasteiger partial charge in [-0.25, -0.2) is 0 Å². The molecule has 158 valence electrons. The Balaban J connectivity index is 1.25. The Morgan fingerprint density at radius 3 is 2.65 bits per heavy atom. The number of thioether (sulfide) groups is 1. The van der Waals surface area contributed by atoms with Gasteiger partial charge in [-0.05, 0) is 59.5 Å². The van der Waals surface area contributed by atoms with Gasteiger partial charge < -0.3 is 20.2 Å². The molecule has 3 aromatic rings. The van der Waals surface area contributed by atoms with E-state index >= 15 is 0 Å². The van der Waals surface area contributed by atoms with E-state index in [4.69, 9.17) is 0 Å². The lowest BCUT2D eigenvalue weighted by Gasteiger charge is -2.32. The zero-order valence-electron chi connectivity index (χ0n) is 17.6. The first kappa shape index (κ1) is 20.0. The highest BCUT2D eigenvalue weighted by molar-refractivity contribution is 7.99. The normalized spacial score (nSPS) is 16.4. The molecule has 1 atom stereocenters. The van der Waals surface area contributed by atoms with Gasteiger partial charge in [0.1, 0.15) is 6.23 Å². The molecule has 0 saturated carbocycles. The first-order valence-corrected chi connectivity index (χ1v) is 11.4. The van der Waals surface area contributed by atoms with Crippen molar-refractivity contribution >= 4 is 34.7 Å². The summed E-state index contributed by atoms with van der Waals surface area (Å²) < 4.78 is 0. The molecule has 1 aliphatic heterocycles. The second kappa shape index (κ2) is 7.94. The largest absolute Gasteiger partial charge is 0.373 e. The van der Waals surface area contributed by atoms with Crippen LogP contribution in [0.15, 0.2) is 65.6 Å². The average molecular weight is 432 g/mol. The number of hydrogen-bond donors (Lipinski definition) is 2. The van der Waals surface area contributed by atoms with E-state index in [1.54, 1.807) is 11.8 Å². The number of fused-ring (bicyclic) bond motifs is 3. The van der Waals surface area contributed by atoms with Crippen LogP contribution in [0.25, 0.3) is 0 Å². The lowest BCUT2D eigenvalue weighted by atomic mass is 9.91. The standard InChI is InChI=1S/C25H25N3O2S/c1-27(21-9-5-17-11-19(21)12-17)14-16-3-7-20(8-4-16)26-25(30)18-6-10-23-22(13-18)28(2)24(29)15-31-23/h3-11,13,24,29H,12,14-15H2,1-2H3,(H,26,30). The zero-order chi connectivity index (χ0) is 21.5. The molecule has 0 saturated heterocycles. The lowest BCUT2D eigenvalue weighted by Crippen LogP contribution is -2.36. The second-order valence-corrected chi connectivity index (χ2v) is 9.29. The summed E-state index contributed by atoms with van der Waals surface area (Å²) in [5, 5.41) is 13.0. The predicted molar refractivity (Wildman–Crippen MR) is 127 cm³/mol. The highest BCUT2D eigenvalue weighted by Crippen LogP contribution is 2.36. The molecule has 2 N–H and O–H groups in total. The minimum absolute atomic E-state index is 0.155. The first-order chi connectivity index (χ1) is 15.0. The summed E-state index contributed by atoms with van der Waals surface area (Å²) in [4.78, 5) is 17.9. The number of amides is 1. The number of benzene rings is 3. The molecule has 5 nitrogen and oxygen atoms in total. The molecule has 1 heterocycles. The number of nitrogens with one attached hydrogen (secondary N) is 1. The molecule has 1 unspecified atom stereocenters. The van der Waals surface area contributed by atoms with Crippen LogP contribution in [0.5, 0.6) is 0 Å². The van der Waals surface area contributed by atoms with Gasteiger partial charge in [0.05, 0.1) is 5.69 Å². The summed E-state index contributed by atoms with van der Waals surface area (Å²) in [6, 6.07) is 20.3. The lowest BCUT2D eigenvalue weighted by molar-refractivity contribution is 0.102. The number of aliphatic hydroxyl groups excluding tert-OH is 1. The molecule has 2 aliphatic carbocycles. The van der Waals surface area contributed by atoms with Gasteiger partial charge in [-0.15, -0.1) is 11.8 Å². The topological polar surface area (TPSA) is 55.8 Å². The van der Waals surface area contributed by atoms with Crippen molar-refractivity contribution in [3.05, 3.63) is 82.9 Å². The number of hydrogen-bond acceptors (Lipinski definition) is 5. The van der Waals surface area contributed by atoms with E-state index in [0.29, 0.717) is 11.3 Å². The Labute approximate surface area is 186 Å². The fourth-order valence-electron chi connectivity index (χ4n) is 4.10. The van der Waals surface area contributed by atoms with Crippen molar-refractivity contribution in [3.63, 3.8) is 0 Å². The zero-order valence-corrected chi connectivity index (χ0v) is 18.4. The molecule has 2 bridgehead atoms. The maximum atomic E-state index is 12.8. The molecular weight excluding hydrogens is 406 g/mol. The third kappa shape index (κ3) is 3.89. The van der Waals surface area contributed by atoms with Crippen molar-refractivity contribution in [2.75, 3.05) is 35.0 Å². The summed E-state index contributed by atoms with van der Waals surface area (Å²) in [6.45, 7) is 0.817. The SMILES string of the molecule is CN(Cc1ccc(NC(=O)c2ccc3c(c2)N(C)C(O)CS3)cc1)c1ccc2cc1C2. The van der Waals surface area contributed by atoms with Gasteiger partial charge in [0.15, 0.2) is 0 Å². The van der Waals surface area contributed by atoms with Crippen LogP contribution >= 0.6 is 11.8 Å². The van der Waals surface area contributed by atoms with Crippen LogP contribution in [0, 0.1) is 0 Å². The van der Waals surface area contributed by atoms with Gasteiger partial charge in [0.25, 0.3) is 5.91 Å². The van der Waals surface area contributed by atoms with Crippen LogP contribution in [0.4, 0.5) is 17.1 Å². The summed E-state index contributed by atoms with van der Waals surface area (Å²) >= 11 is 1.61. The Kier molecular flexibility index (Phi) is 5.12. The molecule has 1 amide bonds. The third-order valence-electron chi connectivity index (χ3n) is 6.02. The fraction of sp³-hybridized carbons (Fsp3) is 0.240. The van der Waals surface area contributed by atoms with Crippen molar-refractivity contribution < 1.29 is 9.90 Å². The van der Waals surface area contributed by atoms with Crippen molar-refractivity contribution in [3.8, 4) is 0 Å². The summed E-state index contributed by atoms with van der Waals surface area (Å²) in [5.41, 5.74) is 7.52. The average Bonchev–Trinajstić information content (AvgIpc) is 2.77. The third-order valence-corrected chi connectivity index (χ3v) is 7.14. The van der Waals surface area contributed by atoms with Crippen molar-refractivity contribution in [2.24, 2.45) is 0 Å². The number of carbonyl (C=O) groups is 1. The van der Waals surface area contributed by atoms with Crippen LogP contribution in [-0.4, -0.2) is 37.1 Å². The number of rotatable bonds is 5. The van der Waals surface area contributed by atoms with Crippen LogP contribution in [-0.2, 0) is 13.0 Å². The molecular formula is C25H25N3O2S. The van der Waals surface area contributed by atoms with Crippen LogP contribution in [0.3, 0.4) is 0 Å². The van der Waals surface area contributed by atoms with Gasteiger partial charge in [-0.2, -0.15) is 0 Å². The smallest absolute Gasteiger partial charge is 0.255 e. The van der Waals surface area contributed by atoms with Crippen LogP contribution in [0.2, 0.25) is 0 Å².